The number of pyridine rings is 1. The maximum Gasteiger partial charge on any atom is 0.0421 e. The standard InChI is InChI=1S/C14H19N3/c1-2-15-11-13-6-9-17(12-13)10-7-14-5-3-4-8-16-14/h3-6,8-9,12,15H,2,7,10-11H2,1H3. The summed E-state index contributed by atoms with van der Waals surface area (Å²) in [6, 6.07) is 8.23. The number of aryl methyl sites for hydroxylation is 2. The molecular formula is C14H19N3. The number of hydrogen-bond donors (Lipinski definition) is 1. The first-order chi connectivity index (χ1) is 8.38. The van der Waals surface area contributed by atoms with Crippen molar-refractivity contribution in [3.05, 3.63) is 54.1 Å². The first kappa shape index (κ1) is 11.9. The van der Waals surface area contributed by atoms with Crippen LogP contribution in [0.5, 0.6) is 0 Å². The summed E-state index contributed by atoms with van der Waals surface area (Å²) in [5.41, 5.74) is 2.49. The van der Waals surface area contributed by atoms with E-state index in [2.05, 4.69) is 46.3 Å². The van der Waals surface area contributed by atoms with E-state index in [0.717, 1.165) is 31.7 Å². The van der Waals surface area contributed by atoms with Crippen LogP contribution in [0.4, 0.5) is 0 Å². The van der Waals surface area contributed by atoms with Crippen LogP contribution in [0.3, 0.4) is 0 Å². The average Bonchev–Trinajstić information content (AvgIpc) is 2.83. The van der Waals surface area contributed by atoms with E-state index >= 15 is 0 Å². The fourth-order valence-corrected chi connectivity index (χ4v) is 1.79. The van der Waals surface area contributed by atoms with Gasteiger partial charge in [0.1, 0.15) is 0 Å². The van der Waals surface area contributed by atoms with E-state index in [1.165, 1.54) is 5.56 Å². The SMILES string of the molecule is CCNCc1ccn(CCc2ccccn2)c1. The molecule has 0 unspecified atom stereocenters. The Morgan fingerprint density at radius 3 is 3.00 bits per heavy atom. The van der Waals surface area contributed by atoms with Crippen molar-refractivity contribution in [2.24, 2.45) is 0 Å². The van der Waals surface area contributed by atoms with Crippen molar-refractivity contribution in [2.75, 3.05) is 6.54 Å². The lowest BCUT2D eigenvalue weighted by Crippen LogP contribution is -2.11. The Bertz CT molecular complexity index is 434. The molecule has 0 aliphatic heterocycles. The van der Waals surface area contributed by atoms with Crippen LogP contribution < -0.4 is 5.32 Å². The normalized spacial score (nSPS) is 10.6. The molecule has 90 valence electrons. The molecular weight excluding hydrogens is 210 g/mol. The first-order valence-electron chi connectivity index (χ1n) is 6.14. The Kier molecular flexibility index (Phi) is 4.33. The first-order valence-corrected chi connectivity index (χ1v) is 6.14. The second kappa shape index (κ2) is 6.21. The van der Waals surface area contributed by atoms with Crippen LogP contribution in [0, 0.1) is 0 Å². The van der Waals surface area contributed by atoms with Gasteiger partial charge >= 0.3 is 0 Å². The zero-order valence-corrected chi connectivity index (χ0v) is 10.3. The van der Waals surface area contributed by atoms with Crippen molar-refractivity contribution in [2.45, 2.75) is 26.4 Å². The van der Waals surface area contributed by atoms with Crippen molar-refractivity contribution in [3.8, 4) is 0 Å². The zero-order valence-electron chi connectivity index (χ0n) is 10.3. The second-order valence-electron chi connectivity index (χ2n) is 4.11. The van der Waals surface area contributed by atoms with Crippen molar-refractivity contribution in [1.82, 2.24) is 14.9 Å². The lowest BCUT2D eigenvalue weighted by molar-refractivity contribution is 0.680. The summed E-state index contributed by atoms with van der Waals surface area (Å²) in [6.07, 6.45) is 7.17. The lowest BCUT2D eigenvalue weighted by atomic mass is 10.3. The quantitative estimate of drug-likeness (QED) is 0.823. The van der Waals surface area contributed by atoms with Gasteiger partial charge in [0.25, 0.3) is 0 Å². The Hall–Kier alpha value is -1.61. The molecule has 0 amide bonds. The van der Waals surface area contributed by atoms with Crippen LogP contribution >= 0.6 is 0 Å². The molecule has 0 atom stereocenters. The van der Waals surface area contributed by atoms with E-state index in [4.69, 9.17) is 0 Å². The highest BCUT2D eigenvalue weighted by Crippen LogP contribution is 2.03. The number of nitrogens with one attached hydrogen (secondary N) is 1. The molecule has 3 heteroatoms. The van der Waals surface area contributed by atoms with Crippen LogP contribution in [0.2, 0.25) is 0 Å². The number of aromatic nitrogens is 2. The van der Waals surface area contributed by atoms with Gasteiger partial charge in [0.2, 0.25) is 0 Å². The molecule has 2 aromatic rings. The summed E-state index contributed by atoms with van der Waals surface area (Å²) in [7, 11) is 0. The lowest BCUT2D eigenvalue weighted by Gasteiger charge is -2.02. The predicted octanol–water partition coefficient (Wildman–Crippen LogP) is 2.24. The molecule has 2 rings (SSSR count). The zero-order chi connectivity index (χ0) is 11.9. The summed E-state index contributed by atoms with van der Waals surface area (Å²) in [6.45, 7) is 5.08. The minimum atomic E-state index is 0.951. The predicted molar refractivity (Wildman–Crippen MR) is 69.8 cm³/mol. The summed E-state index contributed by atoms with van der Waals surface area (Å²) >= 11 is 0. The smallest absolute Gasteiger partial charge is 0.0421 e. The summed E-state index contributed by atoms with van der Waals surface area (Å²) < 4.78 is 2.22. The number of nitrogens with zero attached hydrogens (tertiary/aromatic N) is 2. The molecule has 0 bridgehead atoms. The van der Waals surface area contributed by atoms with Crippen molar-refractivity contribution in [1.29, 1.82) is 0 Å². The third kappa shape index (κ3) is 3.71. The molecule has 0 fully saturated rings. The molecule has 0 saturated heterocycles. The number of hydrogen-bond acceptors (Lipinski definition) is 2. The largest absolute Gasteiger partial charge is 0.354 e. The molecule has 0 spiro atoms. The van der Waals surface area contributed by atoms with Crippen molar-refractivity contribution in [3.63, 3.8) is 0 Å². The highest BCUT2D eigenvalue weighted by Gasteiger charge is 1.97. The second-order valence-corrected chi connectivity index (χ2v) is 4.11. The highest BCUT2D eigenvalue weighted by molar-refractivity contribution is 5.10. The molecule has 1 N–H and O–H groups in total. The van der Waals surface area contributed by atoms with Gasteiger partial charge in [-0.15, -0.1) is 0 Å². The fraction of sp³-hybridized carbons (Fsp3) is 0.357. The van der Waals surface area contributed by atoms with Gasteiger partial charge in [-0.05, 0) is 30.3 Å². The van der Waals surface area contributed by atoms with Gasteiger partial charge in [-0.2, -0.15) is 0 Å². The summed E-state index contributed by atoms with van der Waals surface area (Å²) in [5.74, 6) is 0. The van der Waals surface area contributed by atoms with Gasteiger partial charge in [-0.3, -0.25) is 4.98 Å². The van der Waals surface area contributed by atoms with Gasteiger partial charge in [0.05, 0.1) is 0 Å². The maximum atomic E-state index is 4.32. The summed E-state index contributed by atoms with van der Waals surface area (Å²) in [5, 5.41) is 3.33. The van der Waals surface area contributed by atoms with Crippen LogP contribution in [-0.4, -0.2) is 16.1 Å². The third-order valence-corrected chi connectivity index (χ3v) is 2.74. The van der Waals surface area contributed by atoms with Crippen LogP contribution in [0.1, 0.15) is 18.2 Å². The fourth-order valence-electron chi connectivity index (χ4n) is 1.79. The average molecular weight is 229 g/mol. The molecule has 17 heavy (non-hydrogen) atoms. The molecule has 0 aliphatic carbocycles. The minimum Gasteiger partial charge on any atom is -0.354 e. The van der Waals surface area contributed by atoms with Crippen molar-refractivity contribution >= 4 is 0 Å². The van der Waals surface area contributed by atoms with Gasteiger partial charge in [-0.1, -0.05) is 13.0 Å². The highest BCUT2D eigenvalue weighted by atomic mass is 14.9. The van der Waals surface area contributed by atoms with Crippen LogP contribution in [0.15, 0.2) is 42.9 Å². The Morgan fingerprint density at radius 2 is 2.24 bits per heavy atom. The van der Waals surface area contributed by atoms with Gasteiger partial charge < -0.3 is 9.88 Å². The Morgan fingerprint density at radius 1 is 1.29 bits per heavy atom. The van der Waals surface area contributed by atoms with Gasteiger partial charge in [-0.25, -0.2) is 0 Å². The molecule has 0 aliphatic rings. The molecule has 2 aromatic heterocycles. The molecule has 0 aromatic carbocycles. The molecule has 0 saturated carbocycles. The Labute approximate surface area is 103 Å². The maximum absolute atomic E-state index is 4.32. The molecule has 0 radical (unpaired) electrons. The van der Waals surface area contributed by atoms with E-state index in [1.54, 1.807) is 0 Å². The van der Waals surface area contributed by atoms with E-state index in [9.17, 15) is 0 Å². The topological polar surface area (TPSA) is 29.9 Å². The van der Waals surface area contributed by atoms with Crippen LogP contribution in [0.25, 0.3) is 0 Å². The molecule has 2 heterocycles. The number of rotatable bonds is 6. The van der Waals surface area contributed by atoms with Crippen LogP contribution in [-0.2, 0) is 19.5 Å². The van der Waals surface area contributed by atoms with E-state index in [-0.39, 0.29) is 0 Å². The van der Waals surface area contributed by atoms with E-state index in [1.807, 2.05) is 18.3 Å². The van der Waals surface area contributed by atoms with E-state index < -0.39 is 0 Å². The Balaban J connectivity index is 1.85. The monoisotopic (exact) mass is 229 g/mol. The third-order valence-electron chi connectivity index (χ3n) is 2.74. The summed E-state index contributed by atoms with van der Waals surface area (Å²) in [4.78, 5) is 4.32. The van der Waals surface area contributed by atoms with Gasteiger partial charge in [0.15, 0.2) is 0 Å². The minimum absolute atomic E-state index is 0.951. The van der Waals surface area contributed by atoms with E-state index in [0.29, 0.717) is 0 Å². The molecule has 3 nitrogen and oxygen atoms in total. The van der Waals surface area contributed by atoms with Gasteiger partial charge in [0, 0.05) is 43.8 Å². The van der Waals surface area contributed by atoms with Crippen molar-refractivity contribution < 1.29 is 0 Å².